The average molecular weight is 386 g/mol. The molecule has 1 aliphatic rings. The molecule has 1 N–H and O–H groups in total. The maximum absolute atomic E-state index is 12.5. The van der Waals surface area contributed by atoms with Gasteiger partial charge in [0.1, 0.15) is 11.5 Å². The third-order valence-electron chi connectivity index (χ3n) is 4.83. The molecule has 0 aliphatic carbocycles. The summed E-state index contributed by atoms with van der Waals surface area (Å²) in [6, 6.07) is 6.76. The van der Waals surface area contributed by atoms with Crippen molar-refractivity contribution >= 4 is 17.6 Å². The first kappa shape index (κ1) is 19.7. The molecule has 3 amide bonds. The number of likely N-dealkylation sites (tertiary alicyclic amines) is 1. The molecule has 1 fully saturated rings. The zero-order valence-corrected chi connectivity index (χ0v) is 16.5. The van der Waals surface area contributed by atoms with Crippen LogP contribution in [0.3, 0.4) is 0 Å². The van der Waals surface area contributed by atoms with Crippen LogP contribution >= 0.6 is 0 Å². The van der Waals surface area contributed by atoms with E-state index >= 15 is 0 Å². The number of rotatable bonds is 6. The third-order valence-corrected chi connectivity index (χ3v) is 4.83. The molecule has 0 spiro atoms. The lowest BCUT2D eigenvalue weighted by molar-refractivity contribution is -0.132. The van der Waals surface area contributed by atoms with Gasteiger partial charge in [-0.05, 0) is 38.8 Å². The van der Waals surface area contributed by atoms with E-state index in [-0.39, 0.29) is 18.5 Å². The number of anilines is 1. The predicted molar refractivity (Wildman–Crippen MR) is 104 cm³/mol. The van der Waals surface area contributed by atoms with Gasteiger partial charge in [-0.15, -0.1) is 0 Å². The Hall–Kier alpha value is -3.03. The fourth-order valence-electron chi connectivity index (χ4n) is 3.12. The van der Waals surface area contributed by atoms with Crippen LogP contribution in [0.4, 0.5) is 10.5 Å². The molecule has 1 aromatic heterocycles. The van der Waals surface area contributed by atoms with Gasteiger partial charge in [0.25, 0.3) is 5.91 Å². The first-order chi connectivity index (χ1) is 13.4. The first-order valence-electron chi connectivity index (χ1n) is 9.38. The number of aromatic nitrogens is 1. The average Bonchev–Trinajstić information content (AvgIpc) is 3.32. The van der Waals surface area contributed by atoms with Crippen molar-refractivity contribution < 1.29 is 18.8 Å². The van der Waals surface area contributed by atoms with Gasteiger partial charge < -0.3 is 24.4 Å². The van der Waals surface area contributed by atoms with Crippen LogP contribution in [-0.2, 0) is 11.3 Å². The number of benzene rings is 1. The predicted octanol–water partition coefficient (Wildman–Crippen LogP) is 2.96. The summed E-state index contributed by atoms with van der Waals surface area (Å²) >= 11 is 0. The standard InChI is InChI=1S/C20H26N4O4/c1-14-18(15(2)28-22-14)12-23(3)20(26)21-16-7-6-8-17(11-16)27-13-19(25)24-9-4-5-10-24/h6-8,11H,4-5,9-10,12-13H2,1-3H3,(H,21,26). The van der Waals surface area contributed by atoms with Crippen molar-refractivity contribution in [3.63, 3.8) is 0 Å². The molecule has 1 aliphatic heterocycles. The number of amides is 3. The van der Waals surface area contributed by atoms with Crippen LogP contribution in [0.5, 0.6) is 5.75 Å². The van der Waals surface area contributed by atoms with Crippen molar-refractivity contribution in [1.29, 1.82) is 0 Å². The van der Waals surface area contributed by atoms with Crippen LogP contribution in [0, 0.1) is 13.8 Å². The molecule has 2 aromatic rings. The number of ether oxygens (including phenoxy) is 1. The summed E-state index contributed by atoms with van der Waals surface area (Å²) < 4.78 is 10.7. The molecule has 1 aromatic carbocycles. The van der Waals surface area contributed by atoms with E-state index in [9.17, 15) is 9.59 Å². The second-order valence-electron chi connectivity index (χ2n) is 6.99. The van der Waals surface area contributed by atoms with Gasteiger partial charge in [0.05, 0.1) is 12.2 Å². The summed E-state index contributed by atoms with van der Waals surface area (Å²) in [6.45, 7) is 5.68. The van der Waals surface area contributed by atoms with Gasteiger partial charge in [0.15, 0.2) is 6.61 Å². The normalized spacial score (nSPS) is 13.5. The minimum atomic E-state index is -0.259. The van der Waals surface area contributed by atoms with Crippen LogP contribution in [0.2, 0.25) is 0 Å². The molecule has 8 heteroatoms. The Balaban J connectivity index is 1.54. The number of aryl methyl sites for hydroxylation is 2. The molecule has 0 radical (unpaired) electrons. The Morgan fingerprint density at radius 2 is 2.04 bits per heavy atom. The Bertz CT molecular complexity index is 823. The van der Waals surface area contributed by atoms with Gasteiger partial charge in [-0.1, -0.05) is 11.2 Å². The minimum absolute atomic E-state index is 0.00332. The zero-order chi connectivity index (χ0) is 20.1. The molecular weight excluding hydrogens is 360 g/mol. The molecule has 0 unspecified atom stereocenters. The summed E-state index contributed by atoms with van der Waals surface area (Å²) in [5.74, 6) is 1.24. The Kier molecular flexibility index (Phi) is 6.18. The first-order valence-corrected chi connectivity index (χ1v) is 9.38. The van der Waals surface area contributed by atoms with Crippen molar-refractivity contribution in [2.75, 3.05) is 32.1 Å². The fourth-order valence-corrected chi connectivity index (χ4v) is 3.12. The van der Waals surface area contributed by atoms with Crippen LogP contribution in [0.15, 0.2) is 28.8 Å². The highest BCUT2D eigenvalue weighted by Gasteiger charge is 2.18. The molecule has 0 saturated carbocycles. The fraction of sp³-hybridized carbons (Fsp3) is 0.450. The lowest BCUT2D eigenvalue weighted by atomic mass is 10.2. The molecule has 0 atom stereocenters. The highest BCUT2D eigenvalue weighted by atomic mass is 16.5. The monoisotopic (exact) mass is 386 g/mol. The number of hydrogen-bond donors (Lipinski definition) is 1. The highest BCUT2D eigenvalue weighted by Crippen LogP contribution is 2.19. The molecule has 150 valence electrons. The topological polar surface area (TPSA) is 87.9 Å². The van der Waals surface area contributed by atoms with E-state index < -0.39 is 0 Å². The van der Waals surface area contributed by atoms with Gasteiger partial charge in [-0.3, -0.25) is 4.79 Å². The van der Waals surface area contributed by atoms with Gasteiger partial charge in [0.2, 0.25) is 0 Å². The van der Waals surface area contributed by atoms with Gasteiger partial charge >= 0.3 is 6.03 Å². The summed E-state index contributed by atoms with van der Waals surface area (Å²) in [5.41, 5.74) is 2.27. The van der Waals surface area contributed by atoms with E-state index in [2.05, 4.69) is 10.5 Å². The van der Waals surface area contributed by atoms with Crippen molar-refractivity contribution in [3.05, 3.63) is 41.3 Å². The zero-order valence-electron chi connectivity index (χ0n) is 16.5. The summed E-state index contributed by atoms with van der Waals surface area (Å²) in [4.78, 5) is 27.9. The number of nitrogens with zero attached hydrogens (tertiary/aromatic N) is 3. The number of nitrogens with one attached hydrogen (secondary N) is 1. The number of urea groups is 1. The van der Waals surface area contributed by atoms with Crippen molar-refractivity contribution in [2.45, 2.75) is 33.2 Å². The van der Waals surface area contributed by atoms with Crippen molar-refractivity contribution in [3.8, 4) is 5.75 Å². The van der Waals surface area contributed by atoms with E-state index in [4.69, 9.17) is 9.26 Å². The van der Waals surface area contributed by atoms with Crippen LogP contribution in [0.1, 0.15) is 29.9 Å². The SMILES string of the molecule is Cc1noc(C)c1CN(C)C(=O)Nc1cccc(OCC(=O)N2CCCC2)c1. The molecule has 0 bridgehead atoms. The number of carbonyl (C=O) groups is 2. The third kappa shape index (κ3) is 4.82. The molecule has 28 heavy (non-hydrogen) atoms. The molecule has 8 nitrogen and oxygen atoms in total. The lowest BCUT2D eigenvalue weighted by Crippen LogP contribution is -2.32. The summed E-state index contributed by atoms with van der Waals surface area (Å²) in [6.07, 6.45) is 2.10. The van der Waals surface area contributed by atoms with Gasteiger partial charge in [-0.25, -0.2) is 4.79 Å². The van der Waals surface area contributed by atoms with Crippen molar-refractivity contribution in [2.24, 2.45) is 0 Å². The quantitative estimate of drug-likeness (QED) is 0.825. The largest absolute Gasteiger partial charge is 0.484 e. The molecule has 3 rings (SSSR count). The van der Waals surface area contributed by atoms with E-state index in [0.29, 0.717) is 23.7 Å². The lowest BCUT2D eigenvalue weighted by Gasteiger charge is -2.18. The maximum atomic E-state index is 12.5. The minimum Gasteiger partial charge on any atom is -0.484 e. The Labute approximate surface area is 164 Å². The van der Waals surface area contributed by atoms with Crippen molar-refractivity contribution in [1.82, 2.24) is 15.0 Å². The van der Waals surface area contributed by atoms with Crippen LogP contribution in [-0.4, -0.2) is 53.6 Å². The van der Waals surface area contributed by atoms with Crippen LogP contribution < -0.4 is 10.1 Å². The molecule has 1 saturated heterocycles. The van der Waals surface area contributed by atoms with E-state index in [0.717, 1.165) is 37.2 Å². The Morgan fingerprint density at radius 1 is 1.29 bits per heavy atom. The van der Waals surface area contributed by atoms with Gasteiger partial charge in [0, 0.05) is 37.5 Å². The van der Waals surface area contributed by atoms with E-state index in [1.807, 2.05) is 18.7 Å². The number of carbonyl (C=O) groups excluding carboxylic acids is 2. The second-order valence-corrected chi connectivity index (χ2v) is 6.99. The van der Waals surface area contributed by atoms with Gasteiger partial charge in [-0.2, -0.15) is 0 Å². The molecular formula is C20H26N4O4. The summed E-state index contributed by atoms with van der Waals surface area (Å²) in [5, 5.41) is 6.74. The second kappa shape index (κ2) is 8.77. The molecule has 2 heterocycles. The van der Waals surface area contributed by atoms with E-state index in [1.54, 1.807) is 36.2 Å². The smallest absolute Gasteiger partial charge is 0.321 e. The number of hydrogen-bond acceptors (Lipinski definition) is 5. The highest BCUT2D eigenvalue weighted by molar-refractivity contribution is 5.89. The Morgan fingerprint density at radius 3 is 2.71 bits per heavy atom. The summed E-state index contributed by atoms with van der Waals surface area (Å²) in [7, 11) is 1.70. The van der Waals surface area contributed by atoms with E-state index in [1.165, 1.54) is 0 Å². The van der Waals surface area contributed by atoms with Crippen LogP contribution in [0.25, 0.3) is 0 Å². The maximum Gasteiger partial charge on any atom is 0.321 e.